The van der Waals surface area contributed by atoms with Gasteiger partial charge in [0.2, 0.25) is 0 Å². The predicted molar refractivity (Wildman–Crippen MR) is 72.0 cm³/mol. The molecular weight excluding hydrogens is 222 g/mol. The minimum atomic E-state index is -0.233. The van der Waals surface area contributed by atoms with Gasteiger partial charge in [-0.25, -0.2) is 0 Å². The first-order valence-electron chi connectivity index (χ1n) is 5.86. The summed E-state index contributed by atoms with van der Waals surface area (Å²) in [5.41, 5.74) is 9.01. The second-order valence-corrected chi connectivity index (χ2v) is 4.19. The molecule has 0 saturated carbocycles. The number of benzene rings is 1. The van der Waals surface area contributed by atoms with Crippen molar-refractivity contribution < 1.29 is 0 Å². The van der Waals surface area contributed by atoms with Crippen LogP contribution >= 0.6 is 0 Å². The first-order valence-corrected chi connectivity index (χ1v) is 5.86. The summed E-state index contributed by atoms with van der Waals surface area (Å²) in [6.45, 7) is 0. The largest absolute Gasteiger partial charge is 0.319 e. The standard InChI is InChI=1S/C15H13N3/c16-15(12-5-3-9-17-10-12)14-8-7-11-4-1-2-6-13(11)18-14/h1-10,15H,16H2. The monoisotopic (exact) mass is 235 g/mol. The molecule has 2 aromatic heterocycles. The minimum absolute atomic E-state index is 0.233. The van der Waals surface area contributed by atoms with Crippen molar-refractivity contribution in [3.8, 4) is 0 Å². The van der Waals surface area contributed by atoms with E-state index in [9.17, 15) is 0 Å². The second-order valence-electron chi connectivity index (χ2n) is 4.19. The van der Waals surface area contributed by atoms with E-state index < -0.39 is 0 Å². The molecule has 88 valence electrons. The summed E-state index contributed by atoms with van der Waals surface area (Å²) in [6, 6.07) is 15.7. The molecule has 0 aliphatic rings. The molecule has 0 aliphatic heterocycles. The van der Waals surface area contributed by atoms with Crippen molar-refractivity contribution in [2.45, 2.75) is 6.04 Å². The van der Waals surface area contributed by atoms with Crippen molar-refractivity contribution in [2.24, 2.45) is 5.73 Å². The smallest absolute Gasteiger partial charge is 0.0741 e. The summed E-state index contributed by atoms with van der Waals surface area (Å²) < 4.78 is 0. The molecule has 0 amide bonds. The maximum absolute atomic E-state index is 6.20. The Hall–Kier alpha value is -2.26. The van der Waals surface area contributed by atoms with Gasteiger partial charge in [-0.05, 0) is 23.8 Å². The third-order valence-corrected chi connectivity index (χ3v) is 2.98. The zero-order valence-corrected chi connectivity index (χ0v) is 9.82. The van der Waals surface area contributed by atoms with Gasteiger partial charge in [0, 0.05) is 17.8 Å². The average Bonchev–Trinajstić information content (AvgIpc) is 2.47. The number of nitrogens with zero attached hydrogens (tertiary/aromatic N) is 2. The lowest BCUT2D eigenvalue weighted by molar-refractivity contribution is 0.829. The molecule has 0 fully saturated rings. The number of rotatable bonds is 2. The summed E-state index contributed by atoms with van der Waals surface area (Å²) in [4.78, 5) is 8.68. The Morgan fingerprint density at radius 2 is 1.83 bits per heavy atom. The van der Waals surface area contributed by atoms with Gasteiger partial charge in [0.1, 0.15) is 0 Å². The average molecular weight is 235 g/mol. The zero-order chi connectivity index (χ0) is 12.4. The van der Waals surface area contributed by atoms with Crippen LogP contribution in [0, 0.1) is 0 Å². The Morgan fingerprint density at radius 3 is 2.67 bits per heavy atom. The molecule has 3 heteroatoms. The van der Waals surface area contributed by atoms with Gasteiger partial charge in [0.15, 0.2) is 0 Å². The normalized spacial score (nSPS) is 12.5. The van der Waals surface area contributed by atoms with Crippen molar-refractivity contribution in [1.82, 2.24) is 9.97 Å². The first-order chi connectivity index (χ1) is 8.84. The molecule has 1 atom stereocenters. The molecule has 18 heavy (non-hydrogen) atoms. The van der Waals surface area contributed by atoms with Crippen molar-refractivity contribution in [1.29, 1.82) is 0 Å². The highest BCUT2D eigenvalue weighted by Gasteiger charge is 2.10. The summed E-state index contributed by atoms with van der Waals surface area (Å²) in [6.07, 6.45) is 3.52. The summed E-state index contributed by atoms with van der Waals surface area (Å²) in [5, 5.41) is 1.12. The van der Waals surface area contributed by atoms with E-state index in [1.54, 1.807) is 12.4 Å². The molecule has 3 aromatic rings. The molecule has 0 aliphatic carbocycles. The lowest BCUT2D eigenvalue weighted by Gasteiger charge is -2.11. The highest BCUT2D eigenvalue weighted by molar-refractivity contribution is 5.78. The molecule has 3 nitrogen and oxygen atoms in total. The highest BCUT2D eigenvalue weighted by Crippen LogP contribution is 2.19. The SMILES string of the molecule is NC(c1cccnc1)c1ccc2ccccc2n1. The lowest BCUT2D eigenvalue weighted by Crippen LogP contribution is -2.13. The molecule has 2 N–H and O–H groups in total. The fourth-order valence-electron chi connectivity index (χ4n) is 1.99. The Bertz CT molecular complexity index is 665. The number of hydrogen-bond acceptors (Lipinski definition) is 3. The number of nitrogens with two attached hydrogens (primary N) is 1. The third-order valence-electron chi connectivity index (χ3n) is 2.98. The number of hydrogen-bond donors (Lipinski definition) is 1. The first kappa shape index (κ1) is 10.9. The van der Waals surface area contributed by atoms with Gasteiger partial charge in [-0.15, -0.1) is 0 Å². The zero-order valence-electron chi connectivity index (χ0n) is 9.82. The Balaban J connectivity index is 2.04. The van der Waals surface area contributed by atoms with Crippen LogP contribution in [0.1, 0.15) is 17.3 Å². The number of para-hydroxylation sites is 1. The third kappa shape index (κ3) is 1.96. The van der Waals surface area contributed by atoms with Gasteiger partial charge < -0.3 is 5.73 Å². The van der Waals surface area contributed by atoms with Crippen LogP contribution in [0.25, 0.3) is 10.9 Å². The van der Waals surface area contributed by atoms with Gasteiger partial charge in [0.25, 0.3) is 0 Å². The molecule has 1 unspecified atom stereocenters. The van der Waals surface area contributed by atoms with E-state index in [0.717, 1.165) is 22.2 Å². The molecule has 0 bridgehead atoms. The fraction of sp³-hybridized carbons (Fsp3) is 0.0667. The predicted octanol–water partition coefficient (Wildman–Crippen LogP) is 2.68. The number of pyridine rings is 2. The molecule has 0 radical (unpaired) electrons. The van der Waals surface area contributed by atoms with E-state index in [0.29, 0.717) is 0 Å². The van der Waals surface area contributed by atoms with Gasteiger partial charge in [0.05, 0.1) is 17.3 Å². The number of fused-ring (bicyclic) bond motifs is 1. The highest BCUT2D eigenvalue weighted by atomic mass is 14.8. The van der Waals surface area contributed by atoms with E-state index in [-0.39, 0.29) is 6.04 Å². The number of aromatic nitrogens is 2. The topological polar surface area (TPSA) is 51.8 Å². The van der Waals surface area contributed by atoms with Crippen molar-refractivity contribution in [3.63, 3.8) is 0 Å². The van der Waals surface area contributed by atoms with Crippen LogP contribution in [-0.4, -0.2) is 9.97 Å². The van der Waals surface area contributed by atoms with Crippen LogP contribution < -0.4 is 5.73 Å². The van der Waals surface area contributed by atoms with Gasteiger partial charge >= 0.3 is 0 Å². The molecule has 3 rings (SSSR count). The van der Waals surface area contributed by atoms with E-state index in [1.807, 2.05) is 48.5 Å². The molecule has 1 aromatic carbocycles. The second kappa shape index (κ2) is 4.55. The Labute approximate surface area is 105 Å². The quantitative estimate of drug-likeness (QED) is 0.743. The fourth-order valence-corrected chi connectivity index (χ4v) is 1.99. The molecule has 0 saturated heterocycles. The van der Waals surface area contributed by atoms with Gasteiger partial charge in [-0.1, -0.05) is 30.3 Å². The van der Waals surface area contributed by atoms with Crippen LogP contribution in [-0.2, 0) is 0 Å². The minimum Gasteiger partial charge on any atom is -0.319 e. The van der Waals surface area contributed by atoms with E-state index >= 15 is 0 Å². The summed E-state index contributed by atoms with van der Waals surface area (Å²) >= 11 is 0. The maximum Gasteiger partial charge on any atom is 0.0741 e. The molecule has 2 heterocycles. The summed E-state index contributed by atoms with van der Waals surface area (Å²) in [7, 11) is 0. The summed E-state index contributed by atoms with van der Waals surface area (Å²) in [5.74, 6) is 0. The van der Waals surface area contributed by atoms with Crippen LogP contribution in [0.5, 0.6) is 0 Å². The van der Waals surface area contributed by atoms with Gasteiger partial charge in [-0.2, -0.15) is 0 Å². The van der Waals surface area contributed by atoms with Crippen molar-refractivity contribution in [2.75, 3.05) is 0 Å². The van der Waals surface area contributed by atoms with Crippen LogP contribution in [0.15, 0.2) is 60.9 Å². The maximum atomic E-state index is 6.20. The molecule has 0 spiro atoms. The van der Waals surface area contributed by atoms with Gasteiger partial charge in [-0.3, -0.25) is 9.97 Å². The van der Waals surface area contributed by atoms with Crippen molar-refractivity contribution >= 4 is 10.9 Å². The van der Waals surface area contributed by atoms with Crippen LogP contribution in [0.3, 0.4) is 0 Å². The van der Waals surface area contributed by atoms with Crippen LogP contribution in [0.2, 0.25) is 0 Å². The molecular formula is C15H13N3. The van der Waals surface area contributed by atoms with E-state index in [1.165, 1.54) is 0 Å². The van der Waals surface area contributed by atoms with E-state index in [4.69, 9.17) is 5.73 Å². The van der Waals surface area contributed by atoms with E-state index in [2.05, 4.69) is 9.97 Å². The van der Waals surface area contributed by atoms with Crippen molar-refractivity contribution in [3.05, 3.63) is 72.2 Å². The van der Waals surface area contributed by atoms with Crippen LogP contribution in [0.4, 0.5) is 0 Å². The Kier molecular flexibility index (Phi) is 2.74. The lowest BCUT2D eigenvalue weighted by atomic mass is 10.1. The Morgan fingerprint density at radius 1 is 0.944 bits per heavy atom.